The van der Waals surface area contributed by atoms with E-state index < -0.39 is 0 Å². The van der Waals surface area contributed by atoms with E-state index in [2.05, 4.69) is 18.0 Å². The van der Waals surface area contributed by atoms with Crippen LogP contribution in [0, 0.1) is 0 Å². The zero-order valence-electron chi connectivity index (χ0n) is 8.33. The summed E-state index contributed by atoms with van der Waals surface area (Å²) in [6, 6.07) is 6.10. The Balaban J connectivity index is 2.46. The van der Waals surface area contributed by atoms with E-state index in [4.69, 9.17) is 17.3 Å². The van der Waals surface area contributed by atoms with Gasteiger partial charge in [0.2, 0.25) is 0 Å². The van der Waals surface area contributed by atoms with E-state index in [1.165, 1.54) is 11.1 Å². The second-order valence-electron chi connectivity index (χ2n) is 3.94. The number of halogens is 1. The lowest BCUT2D eigenvalue weighted by Crippen LogP contribution is -2.34. The fourth-order valence-corrected chi connectivity index (χ4v) is 2.54. The molecule has 0 amide bonds. The van der Waals surface area contributed by atoms with Crippen LogP contribution in [0.4, 0.5) is 0 Å². The molecule has 2 N–H and O–H groups in total. The van der Waals surface area contributed by atoms with Crippen LogP contribution in [0.3, 0.4) is 0 Å². The molecular weight excluding hydrogens is 196 g/mol. The zero-order valence-corrected chi connectivity index (χ0v) is 9.09. The summed E-state index contributed by atoms with van der Waals surface area (Å²) in [7, 11) is 2.12. The summed E-state index contributed by atoms with van der Waals surface area (Å²) in [5, 5.41) is 0.867. The van der Waals surface area contributed by atoms with Gasteiger partial charge in [0.25, 0.3) is 0 Å². The van der Waals surface area contributed by atoms with Crippen molar-refractivity contribution in [2.24, 2.45) is 5.73 Å². The number of hydrogen-bond donors (Lipinski definition) is 1. The Hall–Kier alpha value is -0.570. The minimum atomic E-state index is 0.387. The van der Waals surface area contributed by atoms with E-state index in [-0.39, 0.29) is 0 Å². The summed E-state index contributed by atoms with van der Waals surface area (Å²) in [5.74, 6) is 0.387. The summed E-state index contributed by atoms with van der Waals surface area (Å²) in [4.78, 5) is 2.29. The first kappa shape index (κ1) is 9.97. The van der Waals surface area contributed by atoms with E-state index in [0.717, 1.165) is 18.1 Å². The lowest BCUT2D eigenvalue weighted by Gasteiger charge is -2.32. The Morgan fingerprint density at radius 1 is 1.57 bits per heavy atom. The van der Waals surface area contributed by atoms with Gasteiger partial charge in [-0.2, -0.15) is 0 Å². The van der Waals surface area contributed by atoms with Crippen molar-refractivity contribution in [3.05, 3.63) is 34.3 Å². The quantitative estimate of drug-likeness (QED) is 0.767. The topological polar surface area (TPSA) is 29.3 Å². The molecule has 2 nitrogen and oxygen atoms in total. The molecule has 0 aliphatic carbocycles. The maximum atomic E-state index is 6.19. The van der Waals surface area contributed by atoms with Crippen LogP contribution in [0.2, 0.25) is 5.02 Å². The predicted octanol–water partition coefficient (Wildman–Crippen LogP) is 1.83. The van der Waals surface area contributed by atoms with Crippen molar-refractivity contribution in [2.45, 2.75) is 12.5 Å². The third kappa shape index (κ3) is 1.65. The van der Waals surface area contributed by atoms with Gasteiger partial charge in [0.15, 0.2) is 0 Å². The molecule has 76 valence electrons. The van der Waals surface area contributed by atoms with Crippen molar-refractivity contribution < 1.29 is 0 Å². The first-order chi connectivity index (χ1) is 6.72. The zero-order chi connectivity index (χ0) is 10.1. The van der Waals surface area contributed by atoms with Crippen molar-refractivity contribution >= 4 is 11.6 Å². The highest BCUT2D eigenvalue weighted by molar-refractivity contribution is 6.31. The average Bonchev–Trinajstić information content (AvgIpc) is 2.16. The maximum absolute atomic E-state index is 6.19. The van der Waals surface area contributed by atoms with Crippen molar-refractivity contribution in [2.75, 3.05) is 20.1 Å². The van der Waals surface area contributed by atoms with Crippen molar-refractivity contribution in [3.8, 4) is 0 Å². The highest BCUT2D eigenvalue weighted by Gasteiger charge is 2.23. The Bertz CT molecular complexity index is 338. The van der Waals surface area contributed by atoms with Crippen molar-refractivity contribution in [1.82, 2.24) is 4.90 Å². The number of benzene rings is 1. The van der Waals surface area contributed by atoms with Gasteiger partial charge in [-0.3, -0.25) is 0 Å². The second kappa shape index (κ2) is 3.89. The molecule has 0 radical (unpaired) electrons. The maximum Gasteiger partial charge on any atom is 0.0445 e. The molecule has 1 aliphatic heterocycles. The number of nitrogens with zero attached hydrogens (tertiary/aromatic N) is 1. The summed E-state index contributed by atoms with van der Waals surface area (Å²) in [6.07, 6.45) is 0. The van der Waals surface area contributed by atoms with E-state index in [9.17, 15) is 0 Å². The smallest absolute Gasteiger partial charge is 0.0445 e. The highest BCUT2D eigenvalue weighted by Crippen LogP contribution is 2.32. The van der Waals surface area contributed by atoms with Gasteiger partial charge in [0.1, 0.15) is 0 Å². The third-order valence-corrected chi connectivity index (χ3v) is 3.14. The van der Waals surface area contributed by atoms with Crippen molar-refractivity contribution in [1.29, 1.82) is 0 Å². The molecule has 1 aromatic carbocycles. The second-order valence-corrected chi connectivity index (χ2v) is 4.35. The average molecular weight is 211 g/mol. The number of fused-ring (bicyclic) bond motifs is 1. The molecule has 0 spiro atoms. The summed E-state index contributed by atoms with van der Waals surface area (Å²) >= 11 is 6.19. The first-order valence-corrected chi connectivity index (χ1v) is 5.26. The van der Waals surface area contributed by atoms with Gasteiger partial charge in [0, 0.05) is 30.6 Å². The van der Waals surface area contributed by atoms with E-state index >= 15 is 0 Å². The lowest BCUT2D eigenvalue weighted by molar-refractivity contribution is 0.283. The SMILES string of the molecule is CN1Cc2cccc(Cl)c2C(CN)C1. The number of rotatable bonds is 1. The van der Waals surface area contributed by atoms with E-state index in [1.807, 2.05) is 12.1 Å². The van der Waals surface area contributed by atoms with Crippen LogP contribution in [0.25, 0.3) is 0 Å². The molecule has 2 rings (SSSR count). The molecule has 0 bridgehead atoms. The number of nitrogens with two attached hydrogens (primary N) is 1. The van der Waals surface area contributed by atoms with Gasteiger partial charge in [-0.05, 0) is 24.2 Å². The molecule has 0 saturated carbocycles. The van der Waals surface area contributed by atoms with Crippen LogP contribution >= 0.6 is 11.6 Å². The monoisotopic (exact) mass is 210 g/mol. The van der Waals surface area contributed by atoms with Crippen LogP contribution in [0.5, 0.6) is 0 Å². The van der Waals surface area contributed by atoms with Crippen LogP contribution in [0.1, 0.15) is 17.0 Å². The predicted molar refractivity (Wildman–Crippen MR) is 59.6 cm³/mol. The van der Waals surface area contributed by atoms with Gasteiger partial charge in [0.05, 0.1) is 0 Å². The Kier molecular flexibility index (Phi) is 2.77. The minimum Gasteiger partial charge on any atom is -0.330 e. The number of hydrogen-bond acceptors (Lipinski definition) is 2. The Labute approximate surface area is 89.7 Å². The number of likely N-dealkylation sites (N-methyl/N-ethyl adjacent to an activating group) is 1. The Morgan fingerprint density at radius 3 is 3.07 bits per heavy atom. The fraction of sp³-hybridized carbons (Fsp3) is 0.455. The molecule has 1 unspecified atom stereocenters. The van der Waals surface area contributed by atoms with Gasteiger partial charge in [-0.25, -0.2) is 0 Å². The normalized spacial score (nSPS) is 22.1. The molecule has 3 heteroatoms. The molecule has 0 aromatic heterocycles. The first-order valence-electron chi connectivity index (χ1n) is 4.88. The highest BCUT2D eigenvalue weighted by atomic mass is 35.5. The summed E-state index contributed by atoms with van der Waals surface area (Å²) < 4.78 is 0. The van der Waals surface area contributed by atoms with Gasteiger partial charge in [-0.1, -0.05) is 23.7 Å². The van der Waals surface area contributed by atoms with E-state index in [1.54, 1.807) is 0 Å². The third-order valence-electron chi connectivity index (χ3n) is 2.81. The standard InChI is InChI=1S/C11H15ClN2/c1-14-6-8-3-2-4-10(12)11(8)9(5-13)7-14/h2-4,9H,5-7,13H2,1H3. The van der Waals surface area contributed by atoms with Crippen LogP contribution < -0.4 is 5.73 Å². The molecule has 1 heterocycles. The molecule has 14 heavy (non-hydrogen) atoms. The summed E-state index contributed by atoms with van der Waals surface area (Å²) in [5.41, 5.74) is 8.34. The lowest BCUT2D eigenvalue weighted by atomic mass is 9.90. The summed E-state index contributed by atoms with van der Waals surface area (Å²) in [6.45, 7) is 2.65. The molecule has 1 aromatic rings. The van der Waals surface area contributed by atoms with Crippen LogP contribution in [-0.2, 0) is 6.54 Å². The van der Waals surface area contributed by atoms with E-state index in [0.29, 0.717) is 12.5 Å². The molecule has 1 aliphatic rings. The largest absolute Gasteiger partial charge is 0.330 e. The fourth-order valence-electron chi connectivity index (χ4n) is 2.19. The van der Waals surface area contributed by atoms with Gasteiger partial charge < -0.3 is 10.6 Å². The molecule has 0 fully saturated rings. The Morgan fingerprint density at radius 2 is 2.36 bits per heavy atom. The van der Waals surface area contributed by atoms with Crippen LogP contribution in [0.15, 0.2) is 18.2 Å². The van der Waals surface area contributed by atoms with Gasteiger partial charge in [-0.15, -0.1) is 0 Å². The minimum absolute atomic E-state index is 0.387. The van der Waals surface area contributed by atoms with Crippen molar-refractivity contribution in [3.63, 3.8) is 0 Å². The van der Waals surface area contributed by atoms with Gasteiger partial charge >= 0.3 is 0 Å². The molecule has 0 saturated heterocycles. The molecular formula is C11H15ClN2. The van der Waals surface area contributed by atoms with Crippen LogP contribution in [-0.4, -0.2) is 25.0 Å². The molecule has 1 atom stereocenters.